The number of benzene rings is 1. The molecular formula is C21H24N6O. The summed E-state index contributed by atoms with van der Waals surface area (Å²) >= 11 is 0. The molecule has 1 aliphatic rings. The van der Waals surface area contributed by atoms with Gasteiger partial charge in [-0.1, -0.05) is 30.7 Å². The number of imidazole rings is 1. The van der Waals surface area contributed by atoms with Crippen LogP contribution in [0.4, 0.5) is 11.4 Å². The molecule has 7 heteroatoms. The lowest BCUT2D eigenvalue weighted by Crippen LogP contribution is -2.36. The Hall–Kier alpha value is -3.11. The van der Waals surface area contributed by atoms with Crippen molar-refractivity contribution < 1.29 is 0 Å². The molecule has 7 nitrogen and oxygen atoms in total. The van der Waals surface area contributed by atoms with Gasteiger partial charge >= 0.3 is 5.69 Å². The van der Waals surface area contributed by atoms with Crippen LogP contribution in [0.1, 0.15) is 24.8 Å². The van der Waals surface area contributed by atoms with Gasteiger partial charge in [-0.2, -0.15) is 0 Å². The molecule has 2 aromatic heterocycles. The van der Waals surface area contributed by atoms with Crippen molar-refractivity contribution in [3.63, 3.8) is 0 Å². The van der Waals surface area contributed by atoms with Gasteiger partial charge in [0.1, 0.15) is 5.52 Å². The Labute approximate surface area is 163 Å². The van der Waals surface area contributed by atoms with Gasteiger partial charge < -0.3 is 10.6 Å². The number of anilines is 1. The minimum absolute atomic E-state index is 0.123. The molecule has 3 aromatic rings. The number of nitrogens with zero attached hydrogens (tertiary/aromatic N) is 5. The van der Waals surface area contributed by atoms with Crippen LogP contribution in [-0.2, 0) is 13.6 Å². The van der Waals surface area contributed by atoms with E-state index in [0.29, 0.717) is 17.9 Å². The molecule has 0 radical (unpaired) electrons. The second kappa shape index (κ2) is 7.49. The molecule has 1 saturated heterocycles. The quantitative estimate of drug-likeness (QED) is 0.713. The fourth-order valence-corrected chi connectivity index (χ4v) is 4.02. The van der Waals surface area contributed by atoms with Gasteiger partial charge in [-0.15, -0.1) is 0 Å². The minimum atomic E-state index is -0.131. The summed E-state index contributed by atoms with van der Waals surface area (Å²) in [6.07, 6.45) is 4.97. The summed E-state index contributed by atoms with van der Waals surface area (Å²) in [6.45, 7) is 9.44. The van der Waals surface area contributed by atoms with Crippen LogP contribution in [0.15, 0.2) is 41.3 Å². The van der Waals surface area contributed by atoms with E-state index in [1.165, 1.54) is 0 Å². The highest BCUT2D eigenvalue weighted by molar-refractivity contribution is 5.87. The van der Waals surface area contributed by atoms with Crippen LogP contribution < -0.4 is 16.3 Å². The third kappa shape index (κ3) is 3.16. The van der Waals surface area contributed by atoms with Crippen LogP contribution in [0.25, 0.3) is 16.0 Å². The molecule has 4 rings (SSSR count). The summed E-state index contributed by atoms with van der Waals surface area (Å²) in [5.74, 6) is 0. The van der Waals surface area contributed by atoms with Gasteiger partial charge in [0.2, 0.25) is 0 Å². The minimum Gasteiger partial charge on any atom is -0.368 e. The van der Waals surface area contributed by atoms with E-state index in [1.807, 2.05) is 24.3 Å². The van der Waals surface area contributed by atoms with E-state index in [-0.39, 0.29) is 11.7 Å². The summed E-state index contributed by atoms with van der Waals surface area (Å²) in [5, 5.41) is 0. The van der Waals surface area contributed by atoms with Crippen molar-refractivity contribution in [3.8, 4) is 0 Å². The average molecular weight is 376 g/mol. The maximum absolute atomic E-state index is 13.0. The second-order valence-corrected chi connectivity index (χ2v) is 7.37. The summed E-state index contributed by atoms with van der Waals surface area (Å²) in [7, 11) is 1.74. The number of aromatic nitrogens is 3. The molecule has 144 valence electrons. The van der Waals surface area contributed by atoms with Crippen molar-refractivity contribution in [2.24, 2.45) is 12.8 Å². The molecule has 1 fully saturated rings. The highest BCUT2D eigenvalue weighted by Crippen LogP contribution is 2.28. The SMILES string of the molecule is [C-]#[N+]c1ccccc1Cn1c(=O)n(C)c2nccc(N3CCCCC(N)C3)c21. The van der Waals surface area contributed by atoms with Crippen LogP contribution >= 0.6 is 0 Å². The third-order valence-corrected chi connectivity index (χ3v) is 5.48. The Kier molecular flexibility index (Phi) is 4.88. The van der Waals surface area contributed by atoms with E-state index >= 15 is 0 Å². The maximum atomic E-state index is 13.0. The fraction of sp³-hybridized carbons (Fsp3) is 0.381. The van der Waals surface area contributed by atoms with E-state index < -0.39 is 0 Å². The Morgan fingerprint density at radius 3 is 2.93 bits per heavy atom. The zero-order chi connectivity index (χ0) is 19.7. The first-order valence-electron chi connectivity index (χ1n) is 9.60. The Morgan fingerprint density at radius 1 is 1.29 bits per heavy atom. The normalized spacial score (nSPS) is 17.5. The van der Waals surface area contributed by atoms with E-state index in [9.17, 15) is 4.79 Å². The number of nitrogens with two attached hydrogens (primary N) is 1. The Bertz CT molecular complexity index is 1110. The number of hydrogen-bond acceptors (Lipinski definition) is 4. The third-order valence-electron chi connectivity index (χ3n) is 5.48. The number of hydrogen-bond donors (Lipinski definition) is 1. The molecule has 1 aromatic carbocycles. The Balaban J connectivity index is 1.88. The first-order valence-corrected chi connectivity index (χ1v) is 9.60. The molecule has 28 heavy (non-hydrogen) atoms. The van der Waals surface area contributed by atoms with E-state index in [0.717, 1.165) is 49.1 Å². The first-order chi connectivity index (χ1) is 13.6. The average Bonchev–Trinajstić information content (AvgIpc) is 2.86. The molecular weight excluding hydrogens is 352 g/mol. The molecule has 0 aliphatic carbocycles. The summed E-state index contributed by atoms with van der Waals surface area (Å²) in [5.41, 5.74) is 9.99. The number of rotatable bonds is 3. The van der Waals surface area contributed by atoms with E-state index in [2.05, 4.69) is 14.7 Å². The highest BCUT2D eigenvalue weighted by Gasteiger charge is 2.22. The van der Waals surface area contributed by atoms with Gasteiger partial charge in [-0.3, -0.25) is 9.13 Å². The highest BCUT2D eigenvalue weighted by atomic mass is 16.1. The van der Waals surface area contributed by atoms with Crippen LogP contribution in [0.3, 0.4) is 0 Å². The topological polar surface area (TPSA) is 73.4 Å². The lowest BCUT2D eigenvalue weighted by atomic mass is 10.1. The predicted octanol–water partition coefficient (Wildman–Crippen LogP) is 2.65. The molecule has 1 atom stereocenters. The summed E-state index contributed by atoms with van der Waals surface area (Å²) in [4.78, 5) is 23.4. The maximum Gasteiger partial charge on any atom is 0.330 e. The molecule has 3 heterocycles. The first kappa shape index (κ1) is 18.3. The molecule has 0 bridgehead atoms. The van der Waals surface area contributed by atoms with Gasteiger partial charge in [0.15, 0.2) is 11.3 Å². The zero-order valence-corrected chi connectivity index (χ0v) is 16.0. The van der Waals surface area contributed by atoms with Crippen molar-refractivity contribution in [2.75, 3.05) is 18.0 Å². The molecule has 0 spiro atoms. The van der Waals surface area contributed by atoms with Gasteiger partial charge in [-0.25, -0.2) is 14.6 Å². The van der Waals surface area contributed by atoms with Crippen LogP contribution in [0, 0.1) is 6.57 Å². The molecule has 2 N–H and O–H groups in total. The van der Waals surface area contributed by atoms with Crippen LogP contribution in [0.5, 0.6) is 0 Å². The second-order valence-electron chi connectivity index (χ2n) is 7.37. The predicted molar refractivity (Wildman–Crippen MR) is 111 cm³/mol. The van der Waals surface area contributed by atoms with Crippen molar-refractivity contribution in [2.45, 2.75) is 31.8 Å². The molecule has 0 amide bonds. The Morgan fingerprint density at radius 2 is 2.11 bits per heavy atom. The van der Waals surface area contributed by atoms with Crippen LogP contribution in [-0.4, -0.2) is 33.2 Å². The molecule has 1 unspecified atom stereocenters. The van der Waals surface area contributed by atoms with Crippen molar-refractivity contribution in [1.82, 2.24) is 14.1 Å². The van der Waals surface area contributed by atoms with Gasteiger partial charge in [0, 0.05) is 38.9 Å². The van der Waals surface area contributed by atoms with Gasteiger partial charge in [0.05, 0.1) is 12.3 Å². The molecule has 0 saturated carbocycles. The fourth-order valence-electron chi connectivity index (χ4n) is 4.02. The van der Waals surface area contributed by atoms with Crippen LogP contribution in [0.2, 0.25) is 0 Å². The number of pyridine rings is 1. The van der Waals surface area contributed by atoms with Gasteiger partial charge in [-0.05, 0) is 24.5 Å². The largest absolute Gasteiger partial charge is 0.368 e. The standard InChI is InChI=1S/C21H24N6O/c1-23-17-9-4-3-7-15(17)13-27-19-18(26-12-6-5-8-16(22)14-26)10-11-24-20(19)25(2)21(27)28/h3-4,7,9-11,16H,5-6,8,12-14,22H2,2H3. The van der Waals surface area contributed by atoms with Crippen molar-refractivity contribution in [3.05, 3.63) is 64.0 Å². The molecule has 1 aliphatic heterocycles. The smallest absolute Gasteiger partial charge is 0.330 e. The number of aryl methyl sites for hydroxylation is 1. The van der Waals surface area contributed by atoms with E-state index in [4.69, 9.17) is 12.3 Å². The summed E-state index contributed by atoms with van der Waals surface area (Å²) in [6, 6.07) is 9.51. The van der Waals surface area contributed by atoms with E-state index in [1.54, 1.807) is 28.4 Å². The number of fused-ring (bicyclic) bond motifs is 1. The van der Waals surface area contributed by atoms with Gasteiger partial charge in [0.25, 0.3) is 0 Å². The van der Waals surface area contributed by atoms with Crippen molar-refractivity contribution >= 4 is 22.5 Å². The summed E-state index contributed by atoms with van der Waals surface area (Å²) < 4.78 is 3.31. The lowest BCUT2D eigenvalue weighted by molar-refractivity contribution is 0.621. The van der Waals surface area contributed by atoms with Crippen molar-refractivity contribution in [1.29, 1.82) is 0 Å². The number of para-hydroxylation sites is 1. The lowest BCUT2D eigenvalue weighted by Gasteiger charge is -2.26. The zero-order valence-electron chi connectivity index (χ0n) is 16.0. The monoisotopic (exact) mass is 376 g/mol.